The van der Waals surface area contributed by atoms with Crippen molar-refractivity contribution < 1.29 is 13.2 Å². The third-order valence-corrected chi connectivity index (χ3v) is 5.66. The molecule has 1 aliphatic rings. The molecule has 7 heteroatoms. The van der Waals surface area contributed by atoms with Gasteiger partial charge in [-0.25, -0.2) is 8.42 Å². The van der Waals surface area contributed by atoms with Crippen molar-refractivity contribution in [2.24, 2.45) is 0 Å². The number of hydrogen-bond acceptors (Lipinski definition) is 4. The molecule has 1 saturated heterocycles. The van der Waals surface area contributed by atoms with Crippen LogP contribution in [0.2, 0.25) is 0 Å². The first-order valence-corrected chi connectivity index (χ1v) is 8.48. The molecule has 19 heavy (non-hydrogen) atoms. The maximum atomic E-state index is 12.4. The van der Waals surface area contributed by atoms with Gasteiger partial charge in [0, 0.05) is 28.3 Å². The molecule has 0 spiro atoms. The highest BCUT2D eigenvalue weighted by Gasteiger charge is 2.31. The summed E-state index contributed by atoms with van der Waals surface area (Å²) in [5.41, 5.74) is 6.75. The lowest BCUT2D eigenvalue weighted by atomic mass is 10.1. The molecule has 1 amide bonds. The largest absolute Gasteiger partial charge is 0.398 e. The summed E-state index contributed by atoms with van der Waals surface area (Å²) in [7, 11) is -3.02. The van der Waals surface area contributed by atoms with Gasteiger partial charge in [0.15, 0.2) is 9.84 Å². The molecule has 0 aliphatic carbocycles. The predicted octanol–water partition coefficient (Wildman–Crippen LogP) is 1.29. The Balaban J connectivity index is 2.22. The molecule has 0 saturated carbocycles. The first-order valence-electron chi connectivity index (χ1n) is 5.86. The summed E-state index contributed by atoms with van der Waals surface area (Å²) >= 11 is 3.28. The molecule has 1 atom stereocenters. The molecule has 0 radical (unpaired) electrons. The van der Waals surface area contributed by atoms with E-state index in [0.29, 0.717) is 15.7 Å². The molecule has 1 heterocycles. The van der Waals surface area contributed by atoms with Gasteiger partial charge in [-0.15, -0.1) is 0 Å². The average Bonchev–Trinajstić information content (AvgIpc) is 2.31. The monoisotopic (exact) mass is 346 g/mol. The minimum Gasteiger partial charge on any atom is -0.398 e. The summed E-state index contributed by atoms with van der Waals surface area (Å²) in [5, 5.41) is 0. The van der Waals surface area contributed by atoms with Gasteiger partial charge in [-0.05, 0) is 41.1 Å². The van der Waals surface area contributed by atoms with Crippen LogP contribution in [0.25, 0.3) is 0 Å². The normalized spacial score (nSPS) is 22.2. The van der Waals surface area contributed by atoms with E-state index in [4.69, 9.17) is 5.73 Å². The SMILES string of the molecule is CC1CS(=O)(=O)CCN1C(=O)c1ccc(N)c(Br)c1. The Morgan fingerprint density at radius 2 is 2.16 bits per heavy atom. The third-order valence-electron chi connectivity index (χ3n) is 3.18. The van der Waals surface area contributed by atoms with Crippen LogP contribution in [0.4, 0.5) is 5.69 Å². The molecule has 5 nitrogen and oxygen atoms in total. The Morgan fingerprint density at radius 1 is 1.47 bits per heavy atom. The van der Waals surface area contributed by atoms with Gasteiger partial charge in [-0.1, -0.05) is 0 Å². The van der Waals surface area contributed by atoms with Crippen LogP contribution in [0.15, 0.2) is 22.7 Å². The lowest BCUT2D eigenvalue weighted by Crippen LogP contribution is -2.49. The zero-order chi connectivity index (χ0) is 14.2. The fourth-order valence-corrected chi connectivity index (χ4v) is 4.06. The lowest BCUT2D eigenvalue weighted by molar-refractivity contribution is 0.0712. The summed E-state index contributed by atoms with van der Waals surface area (Å²) in [6.45, 7) is 1.99. The van der Waals surface area contributed by atoms with E-state index in [2.05, 4.69) is 15.9 Å². The Bertz CT molecular complexity index is 615. The quantitative estimate of drug-likeness (QED) is 0.777. The highest BCUT2D eigenvalue weighted by Crippen LogP contribution is 2.22. The Morgan fingerprint density at radius 3 is 2.74 bits per heavy atom. The summed E-state index contributed by atoms with van der Waals surface area (Å²) in [4.78, 5) is 14.0. The number of amides is 1. The van der Waals surface area contributed by atoms with Gasteiger partial charge in [0.1, 0.15) is 0 Å². The van der Waals surface area contributed by atoms with Gasteiger partial charge in [0.2, 0.25) is 0 Å². The predicted molar refractivity (Wildman–Crippen MR) is 77.7 cm³/mol. The number of benzene rings is 1. The smallest absolute Gasteiger partial charge is 0.254 e. The van der Waals surface area contributed by atoms with Crippen LogP contribution in [-0.2, 0) is 9.84 Å². The zero-order valence-corrected chi connectivity index (χ0v) is 12.9. The molecule has 1 fully saturated rings. The van der Waals surface area contributed by atoms with E-state index in [1.54, 1.807) is 30.0 Å². The van der Waals surface area contributed by atoms with Crippen LogP contribution in [0.1, 0.15) is 17.3 Å². The molecule has 104 valence electrons. The Hall–Kier alpha value is -1.08. The number of hydrogen-bond donors (Lipinski definition) is 1. The number of carbonyl (C=O) groups is 1. The van der Waals surface area contributed by atoms with E-state index < -0.39 is 9.84 Å². The Labute approximate surface area is 120 Å². The maximum Gasteiger partial charge on any atom is 0.254 e. The second-order valence-electron chi connectivity index (χ2n) is 4.70. The topological polar surface area (TPSA) is 80.5 Å². The number of anilines is 1. The van der Waals surface area contributed by atoms with E-state index in [0.717, 1.165) is 0 Å². The summed E-state index contributed by atoms with van der Waals surface area (Å²) in [6, 6.07) is 4.66. The molecule has 1 aromatic rings. The van der Waals surface area contributed by atoms with Crippen LogP contribution < -0.4 is 5.73 Å². The zero-order valence-electron chi connectivity index (χ0n) is 10.5. The number of carbonyl (C=O) groups excluding carboxylic acids is 1. The average molecular weight is 347 g/mol. The molecule has 2 rings (SSSR count). The minimum absolute atomic E-state index is 0.0227. The number of nitrogen functional groups attached to an aromatic ring is 1. The number of rotatable bonds is 1. The number of sulfone groups is 1. The highest BCUT2D eigenvalue weighted by atomic mass is 79.9. The molecule has 1 aromatic carbocycles. The van der Waals surface area contributed by atoms with Crippen molar-refractivity contribution >= 4 is 37.4 Å². The highest BCUT2D eigenvalue weighted by molar-refractivity contribution is 9.10. The van der Waals surface area contributed by atoms with Crippen molar-refractivity contribution in [3.63, 3.8) is 0 Å². The molecule has 2 N–H and O–H groups in total. The summed E-state index contributed by atoms with van der Waals surface area (Å²) < 4.78 is 23.7. The fourth-order valence-electron chi connectivity index (χ4n) is 2.13. The Kier molecular flexibility index (Phi) is 3.87. The second kappa shape index (κ2) is 5.13. The number of nitrogens with two attached hydrogens (primary N) is 1. The third kappa shape index (κ3) is 3.09. The van der Waals surface area contributed by atoms with Crippen LogP contribution in [0, 0.1) is 0 Å². The van der Waals surface area contributed by atoms with E-state index in [1.165, 1.54) is 0 Å². The van der Waals surface area contributed by atoms with Crippen LogP contribution in [0.3, 0.4) is 0 Å². The van der Waals surface area contributed by atoms with Crippen molar-refractivity contribution in [3.8, 4) is 0 Å². The van der Waals surface area contributed by atoms with E-state index in [9.17, 15) is 13.2 Å². The van der Waals surface area contributed by atoms with Crippen molar-refractivity contribution in [2.75, 3.05) is 23.8 Å². The van der Waals surface area contributed by atoms with Gasteiger partial charge in [0.25, 0.3) is 5.91 Å². The molecule has 1 aliphatic heterocycles. The summed E-state index contributed by atoms with van der Waals surface area (Å²) in [6.07, 6.45) is 0. The van der Waals surface area contributed by atoms with E-state index >= 15 is 0 Å². The molecular weight excluding hydrogens is 332 g/mol. The molecule has 0 bridgehead atoms. The van der Waals surface area contributed by atoms with Gasteiger partial charge < -0.3 is 10.6 Å². The first kappa shape index (κ1) is 14.3. The lowest BCUT2D eigenvalue weighted by Gasteiger charge is -2.33. The van der Waals surface area contributed by atoms with Crippen LogP contribution in [0.5, 0.6) is 0 Å². The molecule has 1 unspecified atom stereocenters. The van der Waals surface area contributed by atoms with Crippen molar-refractivity contribution in [1.29, 1.82) is 0 Å². The number of nitrogens with zero attached hydrogens (tertiary/aromatic N) is 1. The van der Waals surface area contributed by atoms with Crippen LogP contribution >= 0.6 is 15.9 Å². The minimum atomic E-state index is -3.02. The maximum absolute atomic E-state index is 12.4. The molecule has 0 aromatic heterocycles. The van der Waals surface area contributed by atoms with Gasteiger partial charge in [0.05, 0.1) is 11.5 Å². The van der Waals surface area contributed by atoms with Crippen molar-refractivity contribution in [1.82, 2.24) is 4.90 Å². The van der Waals surface area contributed by atoms with Crippen molar-refractivity contribution in [3.05, 3.63) is 28.2 Å². The van der Waals surface area contributed by atoms with Crippen molar-refractivity contribution in [2.45, 2.75) is 13.0 Å². The first-order chi connectivity index (χ1) is 8.80. The van der Waals surface area contributed by atoms with E-state index in [1.807, 2.05) is 0 Å². The second-order valence-corrected chi connectivity index (χ2v) is 7.78. The fraction of sp³-hybridized carbons (Fsp3) is 0.417. The standard InChI is InChI=1S/C12H15BrN2O3S/c1-8-7-19(17,18)5-4-15(8)12(16)9-2-3-11(14)10(13)6-9/h2-3,6,8H,4-5,7,14H2,1H3. The van der Waals surface area contributed by atoms with Gasteiger partial charge in [-0.3, -0.25) is 4.79 Å². The van der Waals surface area contributed by atoms with Gasteiger partial charge in [-0.2, -0.15) is 0 Å². The molecular formula is C12H15BrN2O3S. The van der Waals surface area contributed by atoms with Crippen LogP contribution in [-0.4, -0.2) is 43.3 Å². The summed E-state index contributed by atoms with van der Waals surface area (Å²) in [5.74, 6) is -0.114. The van der Waals surface area contributed by atoms with Gasteiger partial charge >= 0.3 is 0 Å². The van der Waals surface area contributed by atoms with E-state index in [-0.39, 0.29) is 30.0 Å². The number of halogens is 1.